The Bertz CT molecular complexity index is 1020. The van der Waals surface area contributed by atoms with Gasteiger partial charge < -0.3 is 19.9 Å². The molecule has 0 aromatic heterocycles. The number of anilines is 1. The topological polar surface area (TPSA) is 88.1 Å². The monoisotopic (exact) mass is 458 g/mol. The van der Waals surface area contributed by atoms with Crippen LogP contribution in [0.4, 0.5) is 5.69 Å². The maximum absolute atomic E-state index is 12.8. The van der Waals surface area contributed by atoms with E-state index in [-0.39, 0.29) is 30.5 Å². The van der Waals surface area contributed by atoms with Gasteiger partial charge in [0.2, 0.25) is 5.91 Å². The quantitative estimate of drug-likeness (QED) is 0.456. The van der Waals surface area contributed by atoms with Crippen molar-refractivity contribution in [1.29, 1.82) is 0 Å². The van der Waals surface area contributed by atoms with E-state index in [1.54, 1.807) is 49.6 Å². The van der Waals surface area contributed by atoms with Crippen LogP contribution < -0.4 is 14.8 Å². The van der Waals surface area contributed by atoms with Crippen molar-refractivity contribution in [2.24, 2.45) is 0 Å². The molecule has 9 heteroatoms. The van der Waals surface area contributed by atoms with Gasteiger partial charge in [-0.3, -0.25) is 14.5 Å². The minimum absolute atomic E-state index is 0.0365. The normalized spacial score (nSPS) is 14.8. The van der Waals surface area contributed by atoms with Crippen molar-refractivity contribution in [2.45, 2.75) is 13.3 Å². The summed E-state index contributed by atoms with van der Waals surface area (Å²) >= 11 is 6.51. The van der Waals surface area contributed by atoms with E-state index >= 15 is 0 Å². The standard InChI is InChI=1S/C22H22N2O5S2/c1-3-29-18-12-14(4-9-17(18)25)13-19-21(27)24(22(30)31-19)11-10-20(26)23-15-5-7-16(28-2)8-6-15/h4-9,12-13,25H,3,10-11H2,1-2H3,(H,23,26)/b19-13-. The molecular formula is C22H22N2O5S2. The summed E-state index contributed by atoms with van der Waals surface area (Å²) in [4.78, 5) is 26.9. The number of amides is 2. The first kappa shape index (κ1) is 22.6. The van der Waals surface area contributed by atoms with Gasteiger partial charge in [0.15, 0.2) is 11.5 Å². The lowest BCUT2D eigenvalue weighted by Crippen LogP contribution is -2.31. The number of phenols is 1. The lowest BCUT2D eigenvalue weighted by molar-refractivity contribution is -0.122. The van der Waals surface area contributed by atoms with E-state index < -0.39 is 0 Å². The number of hydrogen-bond acceptors (Lipinski definition) is 7. The third-order valence-corrected chi connectivity index (χ3v) is 5.77. The van der Waals surface area contributed by atoms with Gasteiger partial charge in [-0.2, -0.15) is 0 Å². The van der Waals surface area contributed by atoms with Gasteiger partial charge in [-0.1, -0.05) is 30.0 Å². The lowest BCUT2D eigenvalue weighted by atomic mass is 10.2. The summed E-state index contributed by atoms with van der Waals surface area (Å²) in [7, 11) is 1.57. The van der Waals surface area contributed by atoms with Gasteiger partial charge in [0, 0.05) is 18.7 Å². The van der Waals surface area contributed by atoms with E-state index in [9.17, 15) is 14.7 Å². The first-order valence-corrected chi connectivity index (χ1v) is 10.8. The molecule has 162 valence electrons. The van der Waals surface area contributed by atoms with Gasteiger partial charge >= 0.3 is 0 Å². The minimum atomic E-state index is -0.252. The zero-order valence-electron chi connectivity index (χ0n) is 17.1. The van der Waals surface area contributed by atoms with Crippen LogP contribution in [0.25, 0.3) is 6.08 Å². The number of thiocarbonyl (C=S) groups is 1. The molecule has 1 aliphatic rings. The number of aromatic hydroxyl groups is 1. The zero-order chi connectivity index (χ0) is 22.4. The molecule has 0 bridgehead atoms. The Morgan fingerprint density at radius 1 is 1.26 bits per heavy atom. The molecule has 0 spiro atoms. The van der Waals surface area contributed by atoms with Crippen molar-refractivity contribution in [3.05, 3.63) is 52.9 Å². The highest BCUT2D eigenvalue weighted by atomic mass is 32.2. The number of methoxy groups -OCH3 is 1. The molecule has 0 radical (unpaired) electrons. The fourth-order valence-electron chi connectivity index (χ4n) is 2.85. The van der Waals surface area contributed by atoms with Gasteiger partial charge in [-0.15, -0.1) is 0 Å². The van der Waals surface area contributed by atoms with E-state index in [1.165, 1.54) is 22.7 Å². The highest BCUT2D eigenvalue weighted by Crippen LogP contribution is 2.34. The number of thioether (sulfide) groups is 1. The maximum Gasteiger partial charge on any atom is 0.266 e. The number of ether oxygens (including phenoxy) is 2. The highest BCUT2D eigenvalue weighted by molar-refractivity contribution is 8.26. The largest absolute Gasteiger partial charge is 0.504 e. The smallest absolute Gasteiger partial charge is 0.266 e. The first-order valence-electron chi connectivity index (χ1n) is 9.56. The number of carbonyl (C=O) groups excluding carboxylic acids is 2. The second-order valence-electron chi connectivity index (χ2n) is 6.52. The van der Waals surface area contributed by atoms with Crippen LogP contribution in [-0.4, -0.2) is 46.4 Å². The summed E-state index contributed by atoms with van der Waals surface area (Å²) in [5.41, 5.74) is 1.35. The summed E-state index contributed by atoms with van der Waals surface area (Å²) in [5.74, 6) is 0.613. The van der Waals surface area contributed by atoms with Gasteiger partial charge in [-0.05, 0) is 55.0 Å². The SMILES string of the molecule is CCOc1cc(/C=C2\SC(=S)N(CCC(=O)Nc3ccc(OC)cc3)C2=O)ccc1O. The Hall–Kier alpha value is -3.04. The number of nitrogens with one attached hydrogen (secondary N) is 1. The number of phenolic OH excluding ortho intramolecular Hbond substituents is 1. The average Bonchev–Trinajstić information content (AvgIpc) is 3.02. The molecule has 2 aromatic carbocycles. The van der Waals surface area contributed by atoms with E-state index in [4.69, 9.17) is 21.7 Å². The highest BCUT2D eigenvalue weighted by Gasteiger charge is 2.32. The number of nitrogens with zero attached hydrogens (tertiary/aromatic N) is 1. The Balaban J connectivity index is 1.61. The molecule has 7 nitrogen and oxygen atoms in total. The molecule has 2 N–H and O–H groups in total. The van der Waals surface area contributed by atoms with E-state index in [1.807, 2.05) is 6.92 Å². The zero-order valence-corrected chi connectivity index (χ0v) is 18.7. The van der Waals surface area contributed by atoms with Crippen LogP contribution in [0.3, 0.4) is 0 Å². The molecular weight excluding hydrogens is 436 g/mol. The summed E-state index contributed by atoms with van der Waals surface area (Å²) in [5, 5.41) is 12.6. The van der Waals surface area contributed by atoms with Crippen LogP contribution in [0.2, 0.25) is 0 Å². The van der Waals surface area contributed by atoms with Crippen LogP contribution in [-0.2, 0) is 9.59 Å². The summed E-state index contributed by atoms with van der Waals surface area (Å²) in [6.07, 6.45) is 1.80. The van der Waals surface area contributed by atoms with E-state index in [0.29, 0.717) is 38.6 Å². The van der Waals surface area contributed by atoms with Crippen LogP contribution in [0.1, 0.15) is 18.9 Å². The molecule has 2 aromatic rings. The molecule has 31 heavy (non-hydrogen) atoms. The van der Waals surface area contributed by atoms with Gasteiger partial charge in [0.25, 0.3) is 5.91 Å². The van der Waals surface area contributed by atoms with Crippen molar-refractivity contribution in [1.82, 2.24) is 4.90 Å². The van der Waals surface area contributed by atoms with Crippen LogP contribution in [0.5, 0.6) is 17.2 Å². The predicted molar refractivity (Wildman–Crippen MR) is 125 cm³/mol. The minimum Gasteiger partial charge on any atom is -0.504 e. The van der Waals surface area contributed by atoms with E-state index in [0.717, 1.165) is 0 Å². The fourth-order valence-corrected chi connectivity index (χ4v) is 4.16. The Kier molecular flexibility index (Phi) is 7.54. The maximum atomic E-state index is 12.8. The average molecular weight is 459 g/mol. The molecule has 0 saturated carbocycles. The Morgan fingerprint density at radius 3 is 2.68 bits per heavy atom. The molecule has 2 amide bonds. The lowest BCUT2D eigenvalue weighted by Gasteiger charge is -2.14. The van der Waals surface area contributed by atoms with Gasteiger partial charge in [0.1, 0.15) is 10.1 Å². The van der Waals surface area contributed by atoms with Gasteiger partial charge in [0.05, 0.1) is 18.6 Å². The summed E-state index contributed by atoms with van der Waals surface area (Å²) in [6.45, 7) is 2.42. The first-order chi connectivity index (χ1) is 14.9. The molecule has 1 fully saturated rings. The number of benzene rings is 2. The van der Waals surface area contributed by atoms with Crippen molar-refractivity contribution in [2.75, 3.05) is 25.6 Å². The Morgan fingerprint density at radius 2 is 2.00 bits per heavy atom. The number of rotatable bonds is 8. The van der Waals surface area contributed by atoms with Crippen molar-refractivity contribution in [3.63, 3.8) is 0 Å². The van der Waals surface area contributed by atoms with Crippen molar-refractivity contribution < 1.29 is 24.2 Å². The van der Waals surface area contributed by atoms with Crippen LogP contribution >= 0.6 is 24.0 Å². The van der Waals surface area contributed by atoms with Crippen LogP contribution in [0.15, 0.2) is 47.4 Å². The molecule has 0 aliphatic carbocycles. The molecule has 1 heterocycles. The predicted octanol–water partition coefficient (Wildman–Crippen LogP) is 4.03. The van der Waals surface area contributed by atoms with Gasteiger partial charge in [-0.25, -0.2) is 0 Å². The van der Waals surface area contributed by atoms with Crippen molar-refractivity contribution in [3.8, 4) is 17.2 Å². The second-order valence-corrected chi connectivity index (χ2v) is 8.20. The molecule has 1 saturated heterocycles. The van der Waals surface area contributed by atoms with Crippen LogP contribution in [0, 0.1) is 0 Å². The number of hydrogen-bond donors (Lipinski definition) is 2. The Labute approximate surface area is 190 Å². The molecule has 0 atom stereocenters. The molecule has 1 aliphatic heterocycles. The van der Waals surface area contributed by atoms with E-state index in [2.05, 4.69) is 5.32 Å². The molecule has 3 rings (SSSR count). The third-order valence-electron chi connectivity index (χ3n) is 4.39. The third kappa shape index (κ3) is 5.77. The summed E-state index contributed by atoms with van der Waals surface area (Å²) in [6, 6.07) is 11.9. The van der Waals surface area contributed by atoms with Crippen molar-refractivity contribution >= 4 is 51.9 Å². The second kappa shape index (κ2) is 10.3. The summed E-state index contributed by atoms with van der Waals surface area (Å²) < 4.78 is 10.9. The number of carbonyl (C=O) groups is 2. The molecule has 0 unspecified atom stereocenters. The fraction of sp³-hybridized carbons (Fsp3) is 0.227.